The average molecular weight is 590 g/mol. The third-order valence-electron chi connectivity index (χ3n) is 7.28. The van der Waals surface area contributed by atoms with Crippen LogP contribution in [0, 0.1) is 0 Å². The SMILES string of the molecule is O=C(O)CCCCN1CCN(c2ccc(OCC3COC(Cn4ccnc4)(c4ccc(Cl)cc4Cl)O3)cc2)CC1. The molecule has 3 heterocycles. The van der Waals surface area contributed by atoms with Crippen LogP contribution in [-0.2, 0) is 26.6 Å². The van der Waals surface area contributed by atoms with Crippen molar-refractivity contribution in [3.05, 3.63) is 76.8 Å². The molecule has 0 saturated carbocycles. The molecule has 40 heavy (non-hydrogen) atoms. The summed E-state index contributed by atoms with van der Waals surface area (Å²) in [7, 11) is 0. The van der Waals surface area contributed by atoms with Crippen molar-refractivity contribution in [2.45, 2.75) is 37.7 Å². The fourth-order valence-corrected chi connectivity index (χ4v) is 5.71. The molecule has 214 valence electrons. The van der Waals surface area contributed by atoms with Crippen molar-refractivity contribution >= 4 is 34.9 Å². The van der Waals surface area contributed by atoms with Gasteiger partial charge in [-0.3, -0.25) is 9.69 Å². The largest absolute Gasteiger partial charge is 0.491 e. The first-order valence-electron chi connectivity index (χ1n) is 13.6. The highest BCUT2D eigenvalue weighted by Crippen LogP contribution is 2.40. The van der Waals surface area contributed by atoms with Gasteiger partial charge in [-0.2, -0.15) is 0 Å². The number of hydrogen-bond acceptors (Lipinski definition) is 7. The molecule has 9 nitrogen and oxygen atoms in total. The topological polar surface area (TPSA) is 89.3 Å². The van der Waals surface area contributed by atoms with Gasteiger partial charge in [-0.1, -0.05) is 29.3 Å². The number of piperazine rings is 1. The summed E-state index contributed by atoms with van der Waals surface area (Å²) in [6.07, 6.45) is 6.89. The Morgan fingerprint density at radius 3 is 2.60 bits per heavy atom. The molecular weight excluding hydrogens is 555 g/mol. The lowest BCUT2D eigenvalue weighted by atomic mass is 10.1. The first kappa shape index (κ1) is 28.7. The van der Waals surface area contributed by atoms with Gasteiger partial charge in [-0.15, -0.1) is 0 Å². The van der Waals surface area contributed by atoms with Crippen LogP contribution in [0.1, 0.15) is 24.8 Å². The molecule has 1 N–H and O–H groups in total. The lowest BCUT2D eigenvalue weighted by Gasteiger charge is -2.36. The second-order valence-electron chi connectivity index (χ2n) is 10.1. The van der Waals surface area contributed by atoms with E-state index in [0.29, 0.717) is 35.4 Å². The summed E-state index contributed by atoms with van der Waals surface area (Å²) in [5.41, 5.74) is 1.87. The number of aromatic nitrogens is 2. The van der Waals surface area contributed by atoms with Crippen molar-refractivity contribution in [1.82, 2.24) is 14.5 Å². The molecule has 1 aromatic heterocycles. The Labute approximate surface area is 244 Å². The van der Waals surface area contributed by atoms with E-state index in [1.807, 2.05) is 29.0 Å². The molecule has 0 amide bonds. The quantitative estimate of drug-likeness (QED) is 0.298. The molecular formula is C29H34Cl2N4O5. The number of carboxylic acids is 1. The molecule has 2 saturated heterocycles. The minimum atomic E-state index is -1.08. The number of halogens is 2. The Morgan fingerprint density at radius 2 is 1.90 bits per heavy atom. The number of carbonyl (C=O) groups is 1. The van der Waals surface area contributed by atoms with Crippen LogP contribution in [0.2, 0.25) is 10.0 Å². The van der Waals surface area contributed by atoms with Gasteiger partial charge in [0.1, 0.15) is 18.5 Å². The summed E-state index contributed by atoms with van der Waals surface area (Å²) in [6, 6.07) is 13.4. The predicted molar refractivity (Wildman–Crippen MR) is 153 cm³/mol. The van der Waals surface area contributed by atoms with Gasteiger partial charge in [0.15, 0.2) is 0 Å². The van der Waals surface area contributed by atoms with Crippen LogP contribution >= 0.6 is 23.2 Å². The zero-order valence-corrected chi connectivity index (χ0v) is 23.8. The van der Waals surface area contributed by atoms with Gasteiger partial charge < -0.3 is 28.8 Å². The number of unbranched alkanes of at least 4 members (excludes halogenated alkanes) is 1. The van der Waals surface area contributed by atoms with Crippen LogP contribution in [0.5, 0.6) is 5.75 Å². The summed E-state index contributed by atoms with van der Waals surface area (Å²) in [5.74, 6) is -1.04. The number of imidazole rings is 1. The second kappa shape index (κ2) is 13.2. The van der Waals surface area contributed by atoms with Crippen molar-refractivity contribution in [2.75, 3.05) is 50.8 Å². The molecule has 5 rings (SSSR count). The normalized spacial score (nSPS) is 21.6. The van der Waals surface area contributed by atoms with Gasteiger partial charge in [0.05, 0.1) is 24.5 Å². The highest BCUT2D eigenvalue weighted by atomic mass is 35.5. The number of rotatable bonds is 12. The average Bonchev–Trinajstić information content (AvgIpc) is 3.61. The molecule has 2 atom stereocenters. The van der Waals surface area contributed by atoms with Crippen LogP contribution < -0.4 is 9.64 Å². The molecule has 2 unspecified atom stereocenters. The molecule has 2 aliphatic rings. The fourth-order valence-electron chi connectivity index (χ4n) is 5.16. The minimum absolute atomic E-state index is 0.247. The third kappa shape index (κ3) is 7.27. The van der Waals surface area contributed by atoms with E-state index in [2.05, 4.69) is 26.9 Å². The van der Waals surface area contributed by atoms with E-state index in [0.717, 1.165) is 57.0 Å². The van der Waals surface area contributed by atoms with Crippen molar-refractivity contribution in [3.8, 4) is 5.75 Å². The van der Waals surface area contributed by atoms with Crippen molar-refractivity contribution in [2.24, 2.45) is 0 Å². The Bertz CT molecular complexity index is 1250. The Balaban J connectivity index is 1.13. The van der Waals surface area contributed by atoms with Gasteiger partial charge >= 0.3 is 5.97 Å². The van der Waals surface area contributed by atoms with Crippen molar-refractivity contribution in [1.29, 1.82) is 0 Å². The summed E-state index contributed by atoms with van der Waals surface area (Å²) in [5, 5.41) is 9.81. The smallest absolute Gasteiger partial charge is 0.303 e. The van der Waals surface area contributed by atoms with Gasteiger partial charge in [-0.25, -0.2) is 4.98 Å². The molecule has 3 aromatic rings. The monoisotopic (exact) mass is 588 g/mol. The molecule has 0 bridgehead atoms. The summed E-state index contributed by atoms with van der Waals surface area (Å²) >= 11 is 12.7. The van der Waals surface area contributed by atoms with Gasteiger partial charge in [0, 0.05) is 61.3 Å². The highest BCUT2D eigenvalue weighted by molar-refractivity contribution is 6.35. The summed E-state index contributed by atoms with van der Waals surface area (Å²) < 4.78 is 20.7. The van der Waals surface area contributed by atoms with Gasteiger partial charge in [-0.05, 0) is 55.8 Å². The minimum Gasteiger partial charge on any atom is -0.491 e. The van der Waals surface area contributed by atoms with Crippen LogP contribution in [-0.4, -0.2) is 77.6 Å². The molecule has 0 radical (unpaired) electrons. The van der Waals surface area contributed by atoms with E-state index >= 15 is 0 Å². The lowest BCUT2D eigenvalue weighted by molar-refractivity contribution is -0.189. The van der Waals surface area contributed by atoms with Gasteiger partial charge in [0.2, 0.25) is 5.79 Å². The number of ether oxygens (including phenoxy) is 3. The Hall–Kier alpha value is -2.82. The molecule has 2 fully saturated rings. The van der Waals surface area contributed by atoms with E-state index in [9.17, 15) is 4.79 Å². The number of benzene rings is 2. The number of carboxylic acid groups (broad SMARTS) is 1. The number of anilines is 1. The predicted octanol–water partition coefficient (Wildman–Crippen LogP) is 4.91. The number of aliphatic carboxylic acids is 1. The van der Waals surface area contributed by atoms with E-state index in [1.165, 1.54) is 0 Å². The maximum Gasteiger partial charge on any atom is 0.303 e. The zero-order valence-electron chi connectivity index (χ0n) is 22.3. The summed E-state index contributed by atoms with van der Waals surface area (Å²) in [6.45, 7) is 5.86. The standard InChI is InChI=1S/C29H34Cl2N4O5/c30-22-4-9-26(27(31)17-22)29(20-34-12-10-32-21-34)39-19-25(40-29)18-38-24-7-5-23(6-8-24)35-15-13-33(14-16-35)11-2-1-3-28(36)37/h4-10,12,17,21,25H,1-3,11,13-16,18-20H2,(H,36,37). The molecule has 0 spiro atoms. The molecule has 2 aliphatic heterocycles. The van der Waals surface area contributed by atoms with E-state index in [1.54, 1.807) is 24.7 Å². The maximum atomic E-state index is 10.7. The lowest BCUT2D eigenvalue weighted by Crippen LogP contribution is -2.46. The molecule has 11 heteroatoms. The second-order valence-corrected chi connectivity index (χ2v) is 11.0. The highest BCUT2D eigenvalue weighted by Gasteiger charge is 2.45. The van der Waals surface area contributed by atoms with Crippen molar-refractivity contribution < 1.29 is 24.1 Å². The summed E-state index contributed by atoms with van der Waals surface area (Å²) in [4.78, 5) is 19.6. The molecule has 0 aliphatic carbocycles. The van der Waals surface area contributed by atoms with Crippen LogP contribution in [0.3, 0.4) is 0 Å². The van der Waals surface area contributed by atoms with Crippen LogP contribution in [0.4, 0.5) is 5.69 Å². The molecule has 2 aromatic carbocycles. The van der Waals surface area contributed by atoms with E-state index in [-0.39, 0.29) is 12.5 Å². The third-order valence-corrected chi connectivity index (χ3v) is 7.82. The van der Waals surface area contributed by atoms with E-state index in [4.69, 9.17) is 42.5 Å². The fraction of sp³-hybridized carbons (Fsp3) is 0.448. The zero-order chi connectivity index (χ0) is 28.0. The Morgan fingerprint density at radius 1 is 1.10 bits per heavy atom. The first-order chi connectivity index (χ1) is 19.4. The maximum absolute atomic E-state index is 10.7. The Kier molecular flexibility index (Phi) is 9.49. The van der Waals surface area contributed by atoms with Crippen molar-refractivity contribution in [3.63, 3.8) is 0 Å². The first-order valence-corrected chi connectivity index (χ1v) is 14.3. The number of hydrogen-bond donors (Lipinski definition) is 1. The van der Waals surface area contributed by atoms with E-state index < -0.39 is 11.8 Å². The number of nitrogens with zero attached hydrogens (tertiary/aromatic N) is 4. The van der Waals surface area contributed by atoms with Crippen LogP contribution in [0.15, 0.2) is 61.2 Å². The van der Waals surface area contributed by atoms with Gasteiger partial charge in [0.25, 0.3) is 0 Å². The van der Waals surface area contributed by atoms with Crippen LogP contribution in [0.25, 0.3) is 0 Å².